The van der Waals surface area contributed by atoms with Crippen molar-refractivity contribution in [1.82, 2.24) is 0 Å². The molecule has 0 heterocycles. The average Bonchev–Trinajstić information content (AvgIpc) is 2.48. The van der Waals surface area contributed by atoms with Gasteiger partial charge in [0.15, 0.2) is 0 Å². The summed E-state index contributed by atoms with van der Waals surface area (Å²) in [5.41, 5.74) is 2.50. The van der Waals surface area contributed by atoms with Crippen molar-refractivity contribution in [3.8, 4) is 6.07 Å². The zero-order chi connectivity index (χ0) is 15.2. The lowest BCUT2D eigenvalue weighted by atomic mass is 10.0. The summed E-state index contributed by atoms with van der Waals surface area (Å²) in [6.07, 6.45) is 1.99. The predicted molar refractivity (Wildman–Crippen MR) is 88.9 cm³/mol. The molecule has 108 valence electrons. The highest BCUT2D eigenvalue weighted by atomic mass is 35.5. The van der Waals surface area contributed by atoms with Gasteiger partial charge in [0.05, 0.1) is 17.3 Å². The van der Waals surface area contributed by atoms with Crippen molar-refractivity contribution < 1.29 is 0 Å². The lowest BCUT2D eigenvalue weighted by molar-refractivity contribution is 0.677. The van der Waals surface area contributed by atoms with E-state index in [9.17, 15) is 5.26 Å². The molecular formula is C17H16Cl2N2. The third kappa shape index (κ3) is 4.14. The molecule has 0 saturated carbocycles. The Morgan fingerprint density at radius 3 is 2.38 bits per heavy atom. The summed E-state index contributed by atoms with van der Waals surface area (Å²) in [6.45, 7) is 2.13. The smallest absolute Gasteiger partial charge is 0.101 e. The summed E-state index contributed by atoms with van der Waals surface area (Å²) in [6, 6.07) is 15.3. The SMILES string of the molecule is CCCC(Nc1cc(Cl)ccc1C#N)c1ccc(Cl)cc1. The van der Waals surface area contributed by atoms with Crippen LogP contribution in [0, 0.1) is 11.3 Å². The largest absolute Gasteiger partial charge is 0.377 e. The van der Waals surface area contributed by atoms with Crippen molar-refractivity contribution in [2.75, 3.05) is 5.32 Å². The Hall–Kier alpha value is -1.69. The number of hydrogen-bond donors (Lipinski definition) is 1. The minimum atomic E-state index is 0.123. The molecular weight excluding hydrogens is 303 g/mol. The van der Waals surface area contributed by atoms with E-state index in [2.05, 4.69) is 18.3 Å². The van der Waals surface area contributed by atoms with Crippen molar-refractivity contribution in [2.45, 2.75) is 25.8 Å². The topological polar surface area (TPSA) is 35.8 Å². The zero-order valence-corrected chi connectivity index (χ0v) is 13.2. The Morgan fingerprint density at radius 1 is 1.10 bits per heavy atom. The van der Waals surface area contributed by atoms with Crippen LogP contribution in [0.15, 0.2) is 42.5 Å². The molecule has 1 N–H and O–H groups in total. The Labute approximate surface area is 135 Å². The van der Waals surface area contributed by atoms with E-state index in [0.29, 0.717) is 10.6 Å². The van der Waals surface area contributed by atoms with Crippen LogP contribution >= 0.6 is 23.2 Å². The molecule has 1 unspecified atom stereocenters. The van der Waals surface area contributed by atoms with E-state index in [-0.39, 0.29) is 6.04 Å². The van der Waals surface area contributed by atoms with Crippen LogP contribution < -0.4 is 5.32 Å². The van der Waals surface area contributed by atoms with E-state index < -0.39 is 0 Å². The maximum Gasteiger partial charge on any atom is 0.101 e. The summed E-state index contributed by atoms with van der Waals surface area (Å²) in [4.78, 5) is 0. The average molecular weight is 319 g/mol. The quantitative estimate of drug-likeness (QED) is 0.754. The van der Waals surface area contributed by atoms with Crippen LogP contribution in [-0.4, -0.2) is 0 Å². The Kier molecular flexibility index (Phi) is 5.50. The zero-order valence-electron chi connectivity index (χ0n) is 11.7. The molecule has 0 aromatic heterocycles. The first kappa shape index (κ1) is 15.7. The van der Waals surface area contributed by atoms with Crippen LogP contribution in [0.1, 0.15) is 36.9 Å². The first-order chi connectivity index (χ1) is 10.1. The standard InChI is InChI=1S/C17H16Cl2N2/c1-2-3-16(12-4-7-14(18)8-5-12)21-17-10-15(19)9-6-13(17)11-20/h4-10,16,21H,2-3H2,1H3. The molecule has 21 heavy (non-hydrogen) atoms. The van der Waals surface area contributed by atoms with E-state index in [0.717, 1.165) is 29.1 Å². The number of halogens is 2. The molecule has 0 amide bonds. The summed E-state index contributed by atoms with van der Waals surface area (Å²) < 4.78 is 0. The van der Waals surface area contributed by atoms with Gasteiger partial charge in [-0.25, -0.2) is 0 Å². The number of rotatable bonds is 5. The lowest BCUT2D eigenvalue weighted by Gasteiger charge is -2.21. The fraction of sp³-hybridized carbons (Fsp3) is 0.235. The molecule has 1 atom stereocenters. The van der Waals surface area contributed by atoms with Crippen molar-refractivity contribution in [1.29, 1.82) is 5.26 Å². The van der Waals surface area contributed by atoms with E-state index in [1.165, 1.54) is 0 Å². The van der Waals surface area contributed by atoms with Crippen molar-refractivity contribution in [2.24, 2.45) is 0 Å². The van der Waals surface area contributed by atoms with E-state index in [1.54, 1.807) is 18.2 Å². The fourth-order valence-corrected chi connectivity index (χ4v) is 2.53. The second-order valence-electron chi connectivity index (χ2n) is 4.84. The minimum absolute atomic E-state index is 0.123. The molecule has 0 aliphatic carbocycles. The highest BCUT2D eigenvalue weighted by Crippen LogP contribution is 2.28. The van der Waals surface area contributed by atoms with Crippen LogP contribution in [0.4, 0.5) is 5.69 Å². The highest BCUT2D eigenvalue weighted by molar-refractivity contribution is 6.31. The van der Waals surface area contributed by atoms with Gasteiger partial charge in [-0.2, -0.15) is 5.26 Å². The van der Waals surface area contributed by atoms with Gasteiger partial charge < -0.3 is 5.32 Å². The molecule has 2 aromatic rings. The molecule has 0 bridgehead atoms. The maximum absolute atomic E-state index is 9.21. The van der Waals surface area contributed by atoms with Crippen LogP contribution in [0.5, 0.6) is 0 Å². The van der Waals surface area contributed by atoms with Gasteiger partial charge in [0, 0.05) is 10.0 Å². The van der Waals surface area contributed by atoms with E-state index >= 15 is 0 Å². The second kappa shape index (κ2) is 7.36. The van der Waals surface area contributed by atoms with Gasteiger partial charge in [0.25, 0.3) is 0 Å². The number of nitrogens with zero attached hydrogens (tertiary/aromatic N) is 1. The molecule has 2 nitrogen and oxygen atoms in total. The van der Waals surface area contributed by atoms with Crippen molar-refractivity contribution in [3.63, 3.8) is 0 Å². The van der Waals surface area contributed by atoms with Gasteiger partial charge in [0.2, 0.25) is 0 Å². The third-order valence-electron chi connectivity index (χ3n) is 3.28. The fourth-order valence-electron chi connectivity index (χ4n) is 2.23. The summed E-state index contributed by atoms with van der Waals surface area (Å²) in [5, 5.41) is 14.0. The Bertz CT molecular complexity index is 645. The Balaban J connectivity index is 2.30. The minimum Gasteiger partial charge on any atom is -0.377 e. The van der Waals surface area contributed by atoms with Crippen LogP contribution in [0.3, 0.4) is 0 Å². The van der Waals surface area contributed by atoms with Crippen LogP contribution in [-0.2, 0) is 0 Å². The summed E-state index contributed by atoms with van der Waals surface area (Å²) >= 11 is 12.0. The van der Waals surface area contributed by atoms with E-state index in [1.807, 2.05) is 24.3 Å². The number of anilines is 1. The molecule has 2 rings (SSSR count). The molecule has 0 radical (unpaired) electrons. The second-order valence-corrected chi connectivity index (χ2v) is 5.71. The van der Waals surface area contributed by atoms with Gasteiger partial charge >= 0.3 is 0 Å². The Morgan fingerprint density at radius 2 is 1.76 bits per heavy atom. The third-order valence-corrected chi connectivity index (χ3v) is 3.77. The molecule has 0 fully saturated rings. The van der Waals surface area contributed by atoms with Gasteiger partial charge in [0.1, 0.15) is 6.07 Å². The number of hydrogen-bond acceptors (Lipinski definition) is 2. The molecule has 4 heteroatoms. The van der Waals surface area contributed by atoms with Crippen molar-refractivity contribution >= 4 is 28.9 Å². The number of nitrogens with one attached hydrogen (secondary N) is 1. The van der Waals surface area contributed by atoms with E-state index in [4.69, 9.17) is 23.2 Å². The van der Waals surface area contributed by atoms with Gasteiger partial charge in [-0.1, -0.05) is 48.7 Å². The summed E-state index contributed by atoms with van der Waals surface area (Å²) in [5.74, 6) is 0. The summed E-state index contributed by atoms with van der Waals surface area (Å²) in [7, 11) is 0. The maximum atomic E-state index is 9.21. The lowest BCUT2D eigenvalue weighted by Crippen LogP contribution is -2.11. The highest BCUT2D eigenvalue weighted by Gasteiger charge is 2.13. The molecule has 2 aromatic carbocycles. The molecule has 0 saturated heterocycles. The first-order valence-corrected chi connectivity index (χ1v) is 7.61. The normalized spacial score (nSPS) is 11.7. The predicted octanol–water partition coefficient (Wildman–Crippen LogP) is 5.82. The van der Waals surface area contributed by atoms with Gasteiger partial charge in [-0.3, -0.25) is 0 Å². The van der Waals surface area contributed by atoms with Crippen LogP contribution in [0.2, 0.25) is 10.0 Å². The molecule has 0 aliphatic rings. The van der Waals surface area contributed by atoms with Crippen LogP contribution in [0.25, 0.3) is 0 Å². The molecule has 0 aliphatic heterocycles. The monoisotopic (exact) mass is 318 g/mol. The number of benzene rings is 2. The molecule has 0 spiro atoms. The first-order valence-electron chi connectivity index (χ1n) is 6.85. The van der Waals surface area contributed by atoms with Gasteiger partial charge in [-0.15, -0.1) is 0 Å². The van der Waals surface area contributed by atoms with Gasteiger partial charge in [-0.05, 0) is 42.3 Å². The van der Waals surface area contributed by atoms with Crippen molar-refractivity contribution in [3.05, 3.63) is 63.6 Å². The number of nitriles is 1.